The molecule has 24 heavy (non-hydrogen) atoms. The molecule has 6 nitrogen and oxygen atoms in total. The van der Waals surface area contributed by atoms with Crippen molar-refractivity contribution in [3.8, 4) is 0 Å². The van der Waals surface area contributed by atoms with Gasteiger partial charge in [-0.25, -0.2) is 0 Å². The number of fused-ring (bicyclic) bond motifs is 1. The predicted octanol–water partition coefficient (Wildman–Crippen LogP) is 3.55. The number of nitrogens with zero attached hydrogens (tertiary/aromatic N) is 1. The first kappa shape index (κ1) is 20.6. The number of furan rings is 1. The van der Waals surface area contributed by atoms with Crippen molar-refractivity contribution in [2.24, 2.45) is 0 Å². The molecule has 0 bridgehead atoms. The van der Waals surface area contributed by atoms with E-state index in [2.05, 4.69) is 0 Å². The van der Waals surface area contributed by atoms with Crippen molar-refractivity contribution in [2.75, 3.05) is 51.5 Å². The fourth-order valence-electron chi connectivity index (χ4n) is 2.07. The highest BCUT2D eigenvalue weighted by Gasteiger charge is 2.14. The summed E-state index contributed by atoms with van der Waals surface area (Å²) in [7, 11) is 1.63. The Bertz CT molecular complexity index is 652. The van der Waals surface area contributed by atoms with Gasteiger partial charge in [0.25, 0.3) is 0 Å². The Hall–Kier alpha value is -1.41. The summed E-state index contributed by atoms with van der Waals surface area (Å²) < 4.78 is 22.3. The molecule has 0 aliphatic carbocycles. The molecule has 0 saturated carbocycles. The van der Waals surface area contributed by atoms with Crippen molar-refractivity contribution < 1.29 is 23.4 Å². The Labute approximate surface area is 148 Å². The topological polar surface area (TPSA) is 68.2 Å². The minimum absolute atomic E-state index is 0.0166. The average molecular weight is 357 g/mol. The summed E-state index contributed by atoms with van der Waals surface area (Å²) in [4.78, 5) is 1.90. The molecule has 2 heterocycles. The lowest BCUT2D eigenvalue weighted by Gasteiger charge is -2.22. The smallest absolute Gasteiger partial charge is 0.197 e. The van der Waals surface area contributed by atoms with Crippen LogP contribution in [-0.2, 0) is 9.47 Å². The van der Waals surface area contributed by atoms with Gasteiger partial charge in [0.15, 0.2) is 17.1 Å². The molecule has 0 aliphatic heterocycles. The number of anilines is 1. The summed E-state index contributed by atoms with van der Waals surface area (Å²) >= 11 is 5.34. The molecule has 1 N–H and O–H groups in total. The SMILES string of the molecule is CC.COCCOCCN(CCO)c1cc(=S)c2occ(C)c2o1. The van der Waals surface area contributed by atoms with E-state index in [0.717, 1.165) is 5.56 Å². The monoisotopic (exact) mass is 357 g/mol. The van der Waals surface area contributed by atoms with Crippen LogP contribution in [0, 0.1) is 11.4 Å². The lowest BCUT2D eigenvalue weighted by atomic mass is 10.3. The zero-order chi connectivity index (χ0) is 17.9. The van der Waals surface area contributed by atoms with Gasteiger partial charge in [-0.2, -0.15) is 0 Å². The number of aryl methyl sites for hydroxylation is 1. The molecule has 2 aromatic rings. The van der Waals surface area contributed by atoms with Crippen LogP contribution in [0.3, 0.4) is 0 Å². The second kappa shape index (κ2) is 11.2. The summed E-state index contributed by atoms with van der Waals surface area (Å²) in [6, 6.07) is 1.74. The van der Waals surface area contributed by atoms with Gasteiger partial charge in [0.1, 0.15) is 0 Å². The van der Waals surface area contributed by atoms with E-state index in [0.29, 0.717) is 54.5 Å². The maximum absolute atomic E-state index is 9.25. The molecule has 0 fully saturated rings. The van der Waals surface area contributed by atoms with Crippen LogP contribution in [0.25, 0.3) is 11.2 Å². The molecule has 0 spiro atoms. The maximum Gasteiger partial charge on any atom is 0.197 e. The van der Waals surface area contributed by atoms with Crippen LogP contribution in [0.1, 0.15) is 19.4 Å². The first-order chi connectivity index (χ1) is 11.7. The second-order valence-corrected chi connectivity index (χ2v) is 5.28. The summed E-state index contributed by atoms with van der Waals surface area (Å²) in [6.07, 6.45) is 1.62. The van der Waals surface area contributed by atoms with Crippen LogP contribution < -0.4 is 4.90 Å². The summed E-state index contributed by atoms with van der Waals surface area (Å²) in [6.45, 7) is 8.54. The molecule has 7 heteroatoms. The summed E-state index contributed by atoms with van der Waals surface area (Å²) in [5.41, 5.74) is 2.12. The van der Waals surface area contributed by atoms with Crippen molar-refractivity contribution in [3.05, 3.63) is 22.4 Å². The van der Waals surface area contributed by atoms with Crippen LogP contribution in [0.15, 0.2) is 21.2 Å². The van der Waals surface area contributed by atoms with Gasteiger partial charge in [-0.1, -0.05) is 26.1 Å². The largest absolute Gasteiger partial charge is 0.459 e. The first-order valence-corrected chi connectivity index (χ1v) is 8.52. The Morgan fingerprint density at radius 1 is 1.17 bits per heavy atom. The quantitative estimate of drug-likeness (QED) is 0.544. The minimum atomic E-state index is 0.0166. The van der Waals surface area contributed by atoms with E-state index in [9.17, 15) is 5.11 Å². The Balaban J connectivity index is 0.00000139. The van der Waals surface area contributed by atoms with Crippen molar-refractivity contribution in [1.82, 2.24) is 0 Å². The molecule has 2 aromatic heterocycles. The number of rotatable bonds is 9. The van der Waals surface area contributed by atoms with Gasteiger partial charge in [0.2, 0.25) is 0 Å². The third kappa shape index (κ3) is 5.59. The van der Waals surface area contributed by atoms with Gasteiger partial charge in [-0.15, -0.1) is 0 Å². The number of aliphatic hydroxyl groups excluding tert-OH is 1. The summed E-state index contributed by atoms with van der Waals surface area (Å²) in [5, 5.41) is 9.25. The average Bonchev–Trinajstić information content (AvgIpc) is 2.97. The molecule has 0 amide bonds. The van der Waals surface area contributed by atoms with E-state index < -0.39 is 0 Å². The number of ether oxygens (including phenoxy) is 2. The highest BCUT2D eigenvalue weighted by molar-refractivity contribution is 7.71. The van der Waals surface area contributed by atoms with Crippen LogP contribution in [0.2, 0.25) is 0 Å². The van der Waals surface area contributed by atoms with E-state index >= 15 is 0 Å². The fourth-order valence-corrected chi connectivity index (χ4v) is 2.31. The number of hydrogen-bond acceptors (Lipinski definition) is 7. The number of hydrogen-bond donors (Lipinski definition) is 1. The van der Waals surface area contributed by atoms with Crippen LogP contribution in [-0.4, -0.2) is 51.7 Å². The zero-order valence-corrected chi connectivity index (χ0v) is 15.6. The molecule has 136 valence electrons. The predicted molar refractivity (Wildman–Crippen MR) is 97.4 cm³/mol. The van der Waals surface area contributed by atoms with Crippen molar-refractivity contribution >= 4 is 29.3 Å². The van der Waals surface area contributed by atoms with E-state index in [4.69, 9.17) is 30.5 Å². The maximum atomic E-state index is 9.25. The third-order valence-corrected chi connectivity index (χ3v) is 3.53. The molecular formula is C17H27NO5S. The van der Waals surface area contributed by atoms with Gasteiger partial charge >= 0.3 is 0 Å². The Kier molecular flexibility index (Phi) is 9.63. The normalized spacial score (nSPS) is 10.5. The van der Waals surface area contributed by atoms with Gasteiger partial charge < -0.3 is 28.3 Å². The van der Waals surface area contributed by atoms with Gasteiger partial charge in [-0.3, -0.25) is 0 Å². The Morgan fingerprint density at radius 2 is 1.92 bits per heavy atom. The standard InChI is InChI=1S/C15H21NO5S.C2H6/c1-11-10-20-15-12(22)9-13(21-14(11)15)16(3-5-17)4-6-19-8-7-18-2;1-2/h9-10,17H,3-8H2,1-2H3;1-2H3. The molecule has 0 aliphatic rings. The van der Waals surface area contributed by atoms with Gasteiger partial charge in [-0.05, 0) is 6.92 Å². The fraction of sp³-hybridized carbons (Fsp3) is 0.588. The van der Waals surface area contributed by atoms with Crippen molar-refractivity contribution in [3.63, 3.8) is 0 Å². The first-order valence-electron chi connectivity index (χ1n) is 8.11. The highest BCUT2D eigenvalue weighted by atomic mass is 32.1. The molecule has 0 aromatic carbocycles. The van der Waals surface area contributed by atoms with E-state index in [1.807, 2.05) is 25.7 Å². The molecule has 0 atom stereocenters. The third-order valence-electron chi connectivity index (χ3n) is 3.22. The van der Waals surface area contributed by atoms with Crippen LogP contribution >= 0.6 is 12.2 Å². The van der Waals surface area contributed by atoms with Crippen LogP contribution in [0.5, 0.6) is 0 Å². The second-order valence-electron chi connectivity index (χ2n) is 4.84. The number of methoxy groups -OCH3 is 1. The molecule has 0 unspecified atom stereocenters. The molecule has 0 radical (unpaired) electrons. The van der Waals surface area contributed by atoms with E-state index in [1.54, 1.807) is 19.4 Å². The lowest BCUT2D eigenvalue weighted by Crippen LogP contribution is -2.30. The van der Waals surface area contributed by atoms with Crippen molar-refractivity contribution in [1.29, 1.82) is 0 Å². The minimum Gasteiger partial charge on any atom is -0.459 e. The molecule has 0 saturated heterocycles. The van der Waals surface area contributed by atoms with E-state index in [-0.39, 0.29) is 6.61 Å². The number of aliphatic hydroxyl groups is 1. The van der Waals surface area contributed by atoms with Crippen molar-refractivity contribution in [2.45, 2.75) is 20.8 Å². The highest BCUT2D eigenvalue weighted by Crippen LogP contribution is 2.27. The van der Waals surface area contributed by atoms with Gasteiger partial charge in [0.05, 0.1) is 37.2 Å². The van der Waals surface area contributed by atoms with Gasteiger partial charge in [0, 0.05) is 31.8 Å². The molecule has 2 rings (SSSR count). The van der Waals surface area contributed by atoms with E-state index in [1.165, 1.54) is 0 Å². The zero-order valence-electron chi connectivity index (χ0n) is 14.8. The summed E-state index contributed by atoms with van der Waals surface area (Å²) in [5.74, 6) is 0.603. The molecular weight excluding hydrogens is 330 g/mol. The Morgan fingerprint density at radius 3 is 2.58 bits per heavy atom. The lowest BCUT2D eigenvalue weighted by molar-refractivity contribution is 0.0735. The van der Waals surface area contributed by atoms with Crippen LogP contribution in [0.4, 0.5) is 5.88 Å².